The van der Waals surface area contributed by atoms with Gasteiger partial charge < -0.3 is 5.11 Å². The van der Waals surface area contributed by atoms with Crippen molar-refractivity contribution in [1.82, 2.24) is 4.98 Å². The summed E-state index contributed by atoms with van der Waals surface area (Å²) in [5.41, 5.74) is -2.71. The minimum absolute atomic E-state index is 0.0447. The third-order valence-electron chi connectivity index (χ3n) is 9.89. The summed E-state index contributed by atoms with van der Waals surface area (Å²) in [7, 11) is 0. The van der Waals surface area contributed by atoms with Crippen LogP contribution in [0.25, 0.3) is 11.1 Å². The van der Waals surface area contributed by atoms with E-state index in [0.29, 0.717) is 11.1 Å². The van der Waals surface area contributed by atoms with Gasteiger partial charge in [0.25, 0.3) is 0 Å². The molecule has 1 heterocycles. The second-order valence-corrected chi connectivity index (χ2v) is 14.0. The molecule has 13 heteroatoms. The molecular formula is C41H32F11NO. The number of halogens is 11. The van der Waals surface area contributed by atoms with Gasteiger partial charge in [0.1, 0.15) is 5.82 Å². The number of hydrogen-bond acceptors (Lipinski definition) is 2. The Balaban J connectivity index is 1.56. The van der Waals surface area contributed by atoms with Crippen molar-refractivity contribution in [2.24, 2.45) is 5.41 Å². The molecule has 0 amide bonds. The first kappa shape index (κ1) is 38.9. The van der Waals surface area contributed by atoms with Crippen LogP contribution in [0.1, 0.15) is 87.9 Å². The highest BCUT2D eigenvalue weighted by atomic mass is 19.4. The summed E-state index contributed by atoms with van der Waals surface area (Å²) in [6, 6.07) is 16.9. The van der Waals surface area contributed by atoms with Crippen LogP contribution >= 0.6 is 0 Å². The zero-order valence-electron chi connectivity index (χ0n) is 28.6. The smallest absolute Gasteiger partial charge is 0.388 e. The van der Waals surface area contributed by atoms with Gasteiger partial charge in [0.15, 0.2) is 6.17 Å². The first-order chi connectivity index (χ1) is 25.2. The van der Waals surface area contributed by atoms with E-state index in [-0.39, 0.29) is 58.5 Å². The van der Waals surface area contributed by atoms with Crippen LogP contribution in [0.4, 0.5) is 48.3 Å². The lowest BCUT2D eigenvalue weighted by Crippen LogP contribution is -2.32. The number of aromatic nitrogens is 1. The van der Waals surface area contributed by atoms with E-state index in [1.165, 1.54) is 36.4 Å². The Morgan fingerprint density at radius 1 is 0.667 bits per heavy atom. The fourth-order valence-corrected chi connectivity index (χ4v) is 7.30. The Labute approximate surface area is 303 Å². The van der Waals surface area contributed by atoms with E-state index in [9.17, 15) is 49.0 Å². The lowest BCUT2D eigenvalue weighted by Gasteiger charge is -2.34. The number of aliphatic hydroxyl groups is 1. The highest BCUT2D eigenvalue weighted by Gasteiger charge is 2.49. The molecule has 54 heavy (non-hydrogen) atoms. The molecule has 284 valence electrons. The van der Waals surface area contributed by atoms with Crippen LogP contribution in [0.5, 0.6) is 0 Å². The molecule has 4 aromatic carbocycles. The molecule has 2 unspecified atom stereocenters. The second-order valence-electron chi connectivity index (χ2n) is 14.0. The molecule has 6 rings (SSSR count). The Bertz CT molecular complexity index is 2040. The fourth-order valence-electron chi connectivity index (χ4n) is 7.30. The maximum absolute atomic E-state index is 17.0. The van der Waals surface area contributed by atoms with Gasteiger partial charge in [-0.25, -0.2) is 8.78 Å². The molecule has 0 saturated heterocycles. The third kappa shape index (κ3) is 7.73. The molecule has 0 radical (unpaired) electrons. The molecule has 0 bridgehead atoms. The van der Waals surface area contributed by atoms with Crippen LogP contribution in [0.15, 0.2) is 97.1 Å². The van der Waals surface area contributed by atoms with Gasteiger partial charge in [-0.1, -0.05) is 62.4 Å². The van der Waals surface area contributed by atoms with Gasteiger partial charge in [-0.2, -0.15) is 39.5 Å². The van der Waals surface area contributed by atoms with Gasteiger partial charge in [-0.3, -0.25) is 4.98 Å². The summed E-state index contributed by atoms with van der Waals surface area (Å²) < 4.78 is 152. The van der Waals surface area contributed by atoms with Gasteiger partial charge in [-0.15, -0.1) is 0 Å². The predicted octanol–water partition coefficient (Wildman–Crippen LogP) is 12.2. The van der Waals surface area contributed by atoms with Crippen LogP contribution in [-0.2, 0) is 37.8 Å². The molecule has 5 aromatic rings. The van der Waals surface area contributed by atoms with E-state index < -0.39 is 64.6 Å². The molecule has 2 nitrogen and oxygen atoms in total. The Morgan fingerprint density at radius 3 is 1.50 bits per heavy atom. The van der Waals surface area contributed by atoms with Crippen LogP contribution in [0.3, 0.4) is 0 Å². The predicted molar refractivity (Wildman–Crippen MR) is 180 cm³/mol. The molecular weight excluding hydrogens is 731 g/mol. The van der Waals surface area contributed by atoms with Gasteiger partial charge in [-0.05, 0) is 102 Å². The third-order valence-corrected chi connectivity index (χ3v) is 9.89. The van der Waals surface area contributed by atoms with Crippen LogP contribution < -0.4 is 0 Å². The van der Waals surface area contributed by atoms with Crippen molar-refractivity contribution in [3.05, 3.63) is 159 Å². The molecule has 0 aliphatic heterocycles. The zero-order valence-corrected chi connectivity index (χ0v) is 28.6. The molecule has 2 atom stereocenters. The first-order valence-electron chi connectivity index (χ1n) is 16.8. The monoisotopic (exact) mass is 763 g/mol. The van der Waals surface area contributed by atoms with Crippen molar-refractivity contribution in [1.29, 1.82) is 0 Å². The van der Waals surface area contributed by atoms with E-state index in [0.717, 1.165) is 60.7 Å². The minimum atomic E-state index is -4.69. The molecule has 0 fully saturated rings. The van der Waals surface area contributed by atoms with E-state index >= 15 is 4.39 Å². The number of hydrogen-bond donors (Lipinski definition) is 1. The molecule has 0 saturated carbocycles. The van der Waals surface area contributed by atoms with Crippen LogP contribution in [0, 0.1) is 11.2 Å². The highest BCUT2D eigenvalue weighted by molar-refractivity contribution is 5.76. The Morgan fingerprint density at radius 2 is 1.09 bits per heavy atom. The summed E-state index contributed by atoms with van der Waals surface area (Å²) in [6.07, 6.45) is -17.8. The topological polar surface area (TPSA) is 33.1 Å². The normalized spacial score (nSPS) is 16.5. The van der Waals surface area contributed by atoms with Crippen LogP contribution in [-0.4, -0.2) is 10.1 Å². The van der Waals surface area contributed by atoms with Gasteiger partial charge in [0.05, 0.1) is 28.5 Å². The molecule has 1 N–H and O–H groups in total. The van der Waals surface area contributed by atoms with E-state index in [1.54, 1.807) is 13.8 Å². The number of alkyl halides is 10. The zero-order chi connectivity index (χ0) is 39.4. The molecule has 1 aliphatic carbocycles. The van der Waals surface area contributed by atoms with E-state index in [1.807, 2.05) is 0 Å². The number of fused-ring (bicyclic) bond motifs is 1. The lowest BCUT2D eigenvalue weighted by molar-refractivity contribution is -0.138. The number of aliphatic hydroxyl groups excluding tert-OH is 1. The number of benzene rings is 4. The van der Waals surface area contributed by atoms with E-state index in [2.05, 4.69) is 0 Å². The summed E-state index contributed by atoms with van der Waals surface area (Å²) in [5, 5.41) is 12.5. The Kier molecular flexibility index (Phi) is 10.2. The van der Waals surface area contributed by atoms with Gasteiger partial charge >= 0.3 is 18.5 Å². The number of rotatable bonds is 8. The van der Waals surface area contributed by atoms with E-state index in [4.69, 9.17) is 4.98 Å². The maximum atomic E-state index is 17.0. The largest absolute Gasteiger partial charge is 0.416 e. The van der Waals surface area contributed by atoms with Crippen LogP contribution in [0.2, 0.25) is 0 Å². The van der Waals surface area contributed by atoms with Crippen molar-refractivity contribution in [3.63, 3.8) is 0 Å². The van der Waals surface area contributed by atoms with Gasteiger partial charge in [0.2, 0.25) is 0 Å². The van der Waals surface area contributed by atoms with Crippen molar-refractivity contribution in [2.75, 3.05) is 0 Å². The summed E-state index contributed by atoms with van der Waals surface area (Å²) >= 11 is 0. The summed E-state index contributed by atoms with van der Waals surface area (Å²) in [5.74, 6) is -1.12. The second kappa shape index (κ2) is 14.1. The first-order valence-corrected chi connectivity index (χ1v) is 16.8. The molecule has 0 spiro atoms. The summed E-state index contributed by atoms with van der Waals surface area (Å²) in [6.45, 7) is 3.43. The fraction of sp³-hybridized carbons (Fsp3) is 0.293. The van der Waals surface area contributed by atoms with Crippen molar-refractivity contribution < 1.29 is 53.4 Å². The maximum Gasteiger partial charge on any atom is 0.416 e. The number of nitrogens with zero attached hydrogens (tertiary/aromatic N) is 1. The Hall–Kier alpha value is -4.78. The highest BCUT2D eigenvalue weighted by Crippen LogP contribution is 2.55. The molecule has 1 aliphatic rings. The SMILES string of the molecule is CC(C)c1nc2c(c(-c3ccc(F)cc3)c1C(F)c1ccc(C(F)(F)F)cc1)C(O)C(Cc1ccc(C(F)(F)F)cc1)(Cc1ccc(C(F)(F)F)cc1)C2. The minimum Gasteiger partial charge on any atom is -0.388 e. The van der Waals surface area contributed by atoms with Gasteiger partial charge in [0, 0.05) is 22.2 Å². The standard InChI is InChI=1S/C41H32F11NO/c1-22(2)36-34(35(43)26-7-15-29(16-8-26)41(50,51)52)32(25-9-17-30(42)18-10-25)33-31(53-36)21-38(37(33)54,19-23-3-11-27(12-4-23)39(44,45)46)20-24-5-13-28(14-6-24)40(47,48)49/h3-18,22,35,37,54H,19-21H2,1-2H3. The quantitative estimate of drug-likeness (QED) is 0.160. The summed E-state index contributed by atoms with van der Waals surface area (Å²) in [4.78, 5) is 4.83. The number of pyridine rings is 1. The van der Waals surface area contributed by atoms with Crippen molar-refractivity contribution >= 4 is 0 Å². The average molecular weight is 764 g/mol. The van der Waals surface area contributed by atoms with Crippen molar-refractivity contribution in [2.45, 2.75) is 69.8 Å². The lowest BCUT2D eigenvalue weighted by atomic mass is 9.72. The molecule has 1 aromatic heterocycles. The average Bonchev–Trinajstić information content (AvgIpc) is 3.36. The van der Waals surface area contributed by atoms with Crippen molar-refractivity contribution in [3.8, 4) is 11.1 Å².